The van der Waals surface area contributed by atoms with Crippen LogP contribution < -0.4 is 10.6 Å². The summed E-state index contributed by atoms with van der Waals surface area (Å²) in [5.74, 6) is 0.514. The van der Waals surface area contributed by atoms with Gasteiger partial charge in [0.2, 0.25) is 5.91 Å². The lowest BCUT2D eigenvalue weighted by molar-refractivity contribution is -0.123. The SMILES string of the molecule is CNC(=O)C(CC(C)C)NC(C)c1cnn(C)c1. The van der Waals surface area contributed by atoms with Crippen LogP contribution in [0.2, 0.25) is 0 Å². The first-order chi connectivity index (χ1) is 8.43. The second-order valence-corrected chi connectivity index (χ2v) is 5.13. The Morgan fingerprint density at radius 1 is 1.44 bits per heavy atom. The van der Waals surface area contributed by atoms with Crippen LogP contribution in [-0.4, -0.2) is 28.8 Å². The fraction of sp³-hybridized carbons (Fsp3) is 0.692. The van der Waals surface area contributed by atoms with E-state index < -0.39 is 0 Å². The molecule has 1 aromatic rings. The summed E-state index contributed by atoms with van der Waals surface area (Å²) in [6.07, 6.45) is 4.62. The molecule has 1 aromatic heterocycles. The predicted octanol–water partition coefficient (Wildman–Crippen LogP) is 1.23. The van der Waals surface area contributed by atoms with Crippen molar-refractivity contribution in [2.45, 2.75) is 39.3 Å². The third-order valence-corrected chi connectivity index (χ3v) is 2.95. The summed E-state index contributed by atoms with van der Waals surface area (Å²) >= 11 is 0. The molecule has 2 N–H and O–H groups in total. The highest BCUT2D eigenvalue weighted by Crippen LogP contribution is 2.14. The Morgan fingerprint density at radius 3 is 2.56 bits per heavy atom. The molecule has 2 unspecified atom stereocenters. The van der Waals surface area contributed by atoms with Gasteiger partial charge in [-0.2, -0.15) is 5.10 Å². The molecule has 0 spiro atoms. The number of nitrogens with one attached hydrogen (secondary N) is 2. The first-order valence-electron chi connectivity index (χ1n) is 6.40. The average Bonchev–Trinajstić information content (AvgIpc) is 2.73. The van der Waals surface area contributed by atoms with Gasteiger partial charge in [0.05, 0.1) is 12.2 Å². The second-order valence-electron chi connectivity index (χ2n) is 5.13. The Kier molecular flexibility index (Phi) is 5.34. The highest BCUT2D eigenvalue weighted by molar-refractivity contribution is 5.81. The van der Waals surface area contributed by atoms with Crippen LogP contribution in [0.5, 0.6) is 0 Å². The zero-order chi connectivity index (χ0) is 13.7. The predicted molar refractivity (Wildman–Crippen MR) is 72.1 cm³/mol. The maximum atomic E-state index is 11.8. The molecule has 0 radical (unpaired) electrons. The Labute approximate surface area is 109 Å². The molecular formula is C13H24N4O. The number of aromatic nitrogens is 2. The number of amides is 1. The van der Waals surface area contributed by atoms with Crippen LogP contribution in [-0.2, 0) is 11.8 Å². The Hall–Kier alpha value is -1.36. The molecule has 1 amide bonds. The van der Waals surface area contributed by atoms with Crippen molar-refractivity contribution in [3.05, 3.63) is 18.0 Å². The lowest BCUT2D eigenvalue weighted by Gasteiger charge is -2.23. The molecule has 1 heterocycles. The van der Waals surface area contributed by atoms with Gasteiger partial charge in [-0.1, -0.05) is 13.8 Å². The smallest absolute Gasteiger partial charge is 0.236 e. The first kappa shape index (κ1) is 14.7. The highest BCUT2D eigenvalue weighted by atomic mass is 16.2. The minimum Gasteiger partial charge on any atom is -0.358 e. The summed E-state index contributed by atoms with van der Waals surface area (Å²) in [6.45, 7) is 6.28. The molecule has 2 atom stereocenters. The minimum atomic E-state index is -0.162. The van der Waals surface area contributed by atoms with Gasteiger partial charge in [0.25, 0.3) is 0 Å². The van der Waals surface area contributed by atoms with Crippen molar-refractivity contribution in [3.63, 3.8) is 0 Å². The molecule has 0 aliphatic carbocycles. The third kappa shape index (κ3) is 4.14. The van der Waals surface area contributed by atoms with Crippen LogP contribution in [0.25, 0.3) is 0 Å². The number of aryl methyl sites for hydroxylation is 1. The first-order valence-corrected chi connectivity index (χ1v) is 6.40. The van der Waals surface area contributed by atoms with E-state index in [0.717, 1.165) is 12.0 Å². The molecule has 0 saturated carbocycles. The molecule has 5 heteroatoms. The summed E-state index contributed by atoms with van der Waals surface area (Å²) in [7, 11) is 3.56. The van der Waals surface area contributed by atoms with Gasteiger partial charge in [-0.05, 0) is 19.3 Å². The maximum absolute atomic E-state index is 11.8. The standard InChI is InChI=1S/C13H24N4O/c1-9(2)6-12(13(18)14-4)16-10(3)11-7-15-17(5)8-11/h7-10,12,16H,6H2,1-5H3,(H,14,18). The van der Waals surface area contributed by atoms with Crippen molar-refractivity contribution < 1.29 is 4.79 Å². The molecular weight excluding hydrogens is 228 g/mol. The van der Waals surface area contributed by atoms with E-state index in [0.29, 0.717) is 5.92 Å². The number of hydrogen-bond acceptors (Lipinski definition) is 3. The van der Waals surface area contributed by atoms with Crippen molar-refractivity contribution in [1.82, 2.24) is 20.4 Å². The van der Waals surface area contributed by atoms with Crippen LogP contribution in [0.15, 0.2) is 12.4 Å². The third-order valence-electron chi connectivity index (χ3n) is 2.95. The van der Waals surface area contributed by atoms with Gasteiger partial charge in [0, 0.05) is 31.9 Å². The maximum Gasteiger partial charge on any atom is 0.236 e. The molecule has 18 heavy (non-hydrogen) atoms. The minimum absolute atomic E-state index is 0.0411. The molecule has 102 valence electrons. The highest BCUT2D eigenvalue weighted by Gasteiger charge is 2.21. The quantitative estimate of drug-likeness (QED) is 0.800. The van der Waals surface area contributed by atoms with Crippen molar-refractivity contribution in [1.29, 1.82) is 0 Å². The summed E-state index contributed by atoms with van der Waals surface area (Å²) in [5.41, 5.74) is 1.09. The van der Waals surface area contributed by atoms with Crippen LogP contribution in [0.4, 0.5) is 0 Å². The van der Waals surface area contributed by atoms with E-state index in [2.05, 4.69) is 29.6 Å². The molecule has 5 nitrogen and oxygen atoms in total. The fourth-order valence-electron chi connectivity index (χ4n) is 1.96. The van der Waals surface area contributed by atoms with Crippen molar-refractivity contribution >= 4 is 5.91 Å². The lowest BCUT2D eigenvalue weighted by Crippen LogP contribution is -2.44. The topological polar surface area (TPSA) is 59.0 Å². The summed E-state index contributed by atoms with van der Waals surface area (Å²) in [6, 6.07) is -0.0510. The lowest BCUT2D eigenvalue weighted by atomic mass is 10.0. The van der Waals surface area contributed by atoms with E-state index in [1.54, 1.807) is 11.7 Å². The van der Waals surface area contributed by atoms with Crippen LogP contribution in [0.3, 0.4) is 0 Å². The molecule has 0 aromatic carbocycles. The van der Waals surface area contributed by atoms with Crippen LogP contribution in [0, 0.1) is 5.92 Å². The van der Waals surface area contributed by atoms with Crippen molar-refractivity contribution in [3.8, 4) is 0 Å². The van der Waals surface area contributed by atoms with Gasteiger partial charge in [0.1, 0.15) is 0 Å². The number of likely N-dealkylation sites (N-methyl/N-ethyl adjacent to an activating group) is 1. The number of hydrogen-bond donors (Lipinski definition) is 2. The number of rotatable bonds is 6. The molecule has 0 saturated heterocycles. The van der Waals surface area contributed by atoms with E-state index in [-0.39, 0.29) is 18.0 Å². The molecule has 0 fully saturated rings. The van der Waals surface area contributed by atoms with Crippen LogP contribution in [0.1, 0.15) is 38.8 Å². The van der Waals surface area contributed by atoms with Gasteiger partial charge in [-0.15, -0.1) is 0 Å². The summed E-state index contributed by atoms with van der Waals surface area (Å²) in [5, 5.41) is 10.2. The van der Waals surface area contributed by atoms with Gasteiger partial charge >= 0.3 is 0 Å². The van der Waals surface area contributed by atoms with E-state index >= 15 is 0 Å². The molecule has 1 rings (SSSR count). The zero-order valence-electron chi connectivity index (χ0n) is 11.9. The molecule has 0 aliphatic heterocycles. The zero-order valence-corrected chi connectivity index (χ0v) is 11.9. The van der Waals surface area contributed by atoms with Crippen molar-refractivity contribution in [2.75, 3.05) is 7.05 Å². The van der Waals surface area contributed by atoms with E-state index in [9.17, 15) is 4.79 Å². The Balaban J connectivity index is 2.67. The number of carbonyl (C=O) groups excluding carboxylic acids is 1. The number of carbonyl (C=O) groups is 1. The van der Waals surface area contributed by atoms with E-state index in [1.807, 2.05) is 26.4 Å². The monoisotopic (exact) mass is 252 g/mol. The second kappa shape index (κ2) is 6.54. The average molecular weight is 252 g/mol. The largest absolute Gasteiger partial charge is 0.358 e. The Morgan fingerprint density at radius 2 is 2.11 bits per heavy atom. The van der Waals surface area contributed by atoms with E-state index in [1.165, 1.54) is 0 Å². The number of nitrogens with zero attached hydrogens (tertiary/aromatic N) is 2. The Bertz CT molecular complexity index is 386. The van der Waals surface area contributed by atoms with Gasteiger partial charge in [-0.25, -0.2) is 0 Å². The molecule has 0 aliphatic rings. The van der Waals surface area contributed by atoms with Crippen molar-refractivity contribution in [2.24, 2.45) is 13.0 Å². The van der Waals surface area contributed by atoms with Gasteiger partial charge < -0.3 is 5.32 Å². The van der Waals surface area contributed by atoms with Gasteiger partial charge in [0.15, 0.2) is 0 Å². The molecule has 0 bridgehead atoms. The van der Waals surface area contributed by atoms with Gasteiger partial charge in [-0.3, -0.25) is 14.8 Å². The summed E-state index contributed by atoms with van der Waals surface area (Å²) < 4.78 is 1.77. The van der Waals surface area contributed by atoms with Crippen LogP contribution >= 0.6 is 0 Å². The fourth-order valence-corrected chi connectivity index (χ4v) is 1.96. The normalized spacial score (nSPS) is 14.6. The van der Waals surface area contributed by atoms with E-state index in [4.69, 9.17) is 0 Å². The summed E-state index contributed by atoms with van der Waals surface area (Å²) in [4.78, 5) is 11.8.